The third kappa shape index (κ3) is 3.65. The molecule has 0 heterocycles. The first-order valence-corrected chi connectivity index (χ1v) is 11.2. The molecule has 178 valence electrons. The molecular formula is C28H21N3O5. The Hall–Kier alpha value is -4.98. The van der Waals surface area contributed by atoms with Crippen molar-refractivity contribution in [2.24, 2.45) is 0 Å². The third-order valence-corrected chi connectivity index (χ3v) is 6.30. The van der Waals surface area contributed by atoms with Crippen LogP contribution in [0.3, 0.4) is 0 Å². The van der Waals surface area contributed by atoms with E-state index in [1.54, 1.807) is 12.1 Å². The average Bonchev–Trinajstić information content (AvgIpc) is 2.85. The van der Waals surface area contributed by atoms with Gasteiger partial charge in [0.25, 0.3) is 5.69 Å². The summed E-state index contributed by atoms with van der Waals surface area (Å²) in [4.78, 5) is 38.7. The van der Waals surface area contributed by atoms with E-state index < -0.39 is 33.5 Å². The number of benzene rings is 4. The van der Waals surface area contributed by atoms with Gasteiger partial charge in [-0.25, -0.2) is 0 Å². The number of aryl methyl sites for hydroxylation is 2. The Labute approximate surface area is 206 Å². The van der Waals surface area contributed by atoms with Crippen molar-refractivity contribution >= 4 is 40.0 Å². The molecule has 0 atom stereocenters. The van der Waals surface area contributed by atoms with Gasteiger partial charge in [-0.2, -0.15) is 0 Å². The normalized spacial score (nSPS) is 12.1. The Bertz CT molecular complexity index is 1590. The van der Waals surface area contributed by atoms with E-state index in [9.17, 15) is 24.8 Å². The first-order valence-electron chi connectivity index (χ1n) is 11.2. The average molecular weight is 479 g/mol. The lowest BCUT2D eigenvalue weighted by Gasteiger charge is -2.25. The van der Waals surface area contributed by atoms with Crippen LogP contribution < -0.4 is 10.6 Å². The Morgan fingerprint density at radius 3 is 1.58 bits per heavy atom. The molecule has 0 radical (unpaired) electrons. The summed E-state index contributed by atoms with van der Waals surface area (Å²) in [6.45, 7) is 3.80. The number of carbonyl (C=O) groups is 2. The second-order valence-corrected chi connectivity index (χ2v) is 8.56. The number of hydrogen-bond donors (Lipinski definition) is 3. The van der Waals surface area contributed by atoms with E-state index in [0.717, 1.165) is 34.6 Å². The van der Waals surface area contributed by atoms with Crippen molar-refractivity contribution in [1.82, 2.24) is 0 Å². The Morgan fingerprint density at radius 2 is 1.11 bits per heavy atom. The zero-order valence-electron chi connectivity index (χ0n) is 19.5. The van der Waals surface area contributed by atoms with Crippen LogP contribution in [0.15, 0.2) is 72.8 Å². The summed E-state index contributed by atoms with van der Waals surface area (Å²) in [5.41, 5.74) is 2.67. The van der Waals surface area contributed by atoms with Crippen LogP contribution in [0.4, 0.5) is 28.4 Å². The molecule has 1 aliphatic rings. The highest BCUT2D eigenvalue weighted by atomic mass is 16.6. The predicted octanol–water partition coefficient (Wildman–Crippen LogP) is 6.18. The second-order valence-electron chi connectivity index (χ2n) is 8.56. The molecule has 0 saturated heterocycles. The van der Waals surface area contributed by atoms with Gasteiger partial charge in [-0.15, -0.1) is 0 Å². The van der Waals surface area contributed by atoms with Gasteiger partial charge in [0.05, 0.1) is 33.0 Å². The van der Waals surface area contributed by atoms with Gasteiger partial charge in [-0.3, -0.25) is 19.7 Å². The Balaban J connectivity index is 1.77. The number of nitro groups is 1. The zero-order chi connectivity index (χ0) is 25.6. The molecule has 0 unspecified atom stereocenters. The highest BCUT2D eigenvalue weighted by Crippen LogP contribution is 2.44. The van der Waals surface area contributed by atoms with E-state index in [1.165, 1.54) is 0 Å². The number of nitrogens with zero attached hydrogens (tertiary/aromatic N) is 1. The lowest BCUT2D eigenvalue weighted by molar-refractivity contribution is -0.385. The second kappa shape index (κ2) is 8.66. The maximum Gasteiger partial charge on any atom is 0.281 e. The van der Waals surface area contributed by atoms with Crippen molar-refractivity contribution in [3.63, 3.8) is 0 Å². The Kier molecular flexibility index (Phi) is 5.49. The number of hydrogen-bond acceptors (Lipinski definition) is 7. The highest BCUT2D eigenvalue weighted by molar-refractivity contribution is 6.34. The number of phenols is 1. The molecule has 0 aliphatic heterocycles. The molecule has 0 fully saturated rings. The number of carbonyl (C=O) groups excluding carboxylic acids is 2. The van der Waals surface area contributed by atoms with Crippen LogP contribution in [0.5, 0.6) is 5.75 Å². The largest absolute Gasteiger partial charge is 0.507 e. The van der Waals surface area contributed by atoms with Crippen molar-refractivity contribution in [3.05, 3.63) is 116 Å². The molecule has 8 heteroatoms. The molecule has 1 aliphatic carbocycles. The zero-order valence-corrected chi connectivity index (χ0v) is 19.5. The van der Waals surface area contributed by atoms with Gasteiger partial charge in [0.1, 0.15) is 11.3 Å². The third-order valence-electron chi connectivity index (χ3n) is 6.30. The summed E-state index contributed by atoms with van der Waals surface area (Å²) < 4.78 is 0. The van der Waals surface area contributed by atoms with E-state index in [2.05, 4.69) is 10.6 Å². The van der Waals surface area contributed by atoms with Gasteiger partial charge in [0.2, 0.25) is 11.6 Å². The maximum absolute atomic E-state index is 13.9. The van der Waals surface area contributed by atoms with Crippen LogP contribution in [0.1, 0.15) is 43.0 Å². The van der Waals surface area contributed by atoms with Gasteiger partial charge < -0.3 is 15.7 Å². The molecule has 5 rings (SSSR count). The van der Waals surface area contributed by atoms with E-state index in [0.29, 0.717) is 11.4 Å². The fraction of sp³-hybridized carbons (Fsp3) is 0.0714. The fourth-order valence-corrected chi connectivity index (χ4v) is 4.44. The molecule has 4 aromatic carbocycles. The van der Waals surface area contributed by atoms with E-state index in [1.807, 2.05) is 62.4 Å². The lowest BCUT2D eigenvalue weighted by Crippen LogP contribution is -2.25. The topological polar surface area (TPSA) is 122 Å². The minimum absolute atomic E-state index is 0.00281. The number of fused-ring (bicyclic) bond motifs is 2. The van der Waals surface area contributed by atoms with Crippen LogP contribution in [-0.4, -0.2) is 21.6 Å². The SMILES string of the molecule is Cc1ccccc1Nc1ccc(Nc2ccccc2C)c2c1C(=O)c1c(O)ccc([N+](=O)[O-])c1C2=O. The number of para-hydroxylation sites is 2. The number of aromatic hydroxyl groups is 1. The van der Waals surface area contributed by atoms with E-state index in [4.69, 9.17) is 0 Å². The molecular weight excluding hydrogens is 458 g/mol. The number of phenolic OH excluding ortho intramolecular Hbond substituents is 1. The number of ketones is 2. The molecule has 0 amide bonds. The maximum atomic E-state index is 13.9. The summed E-state index contributed by atoms with van der Waals surface area (Å²) in [5, 5.41) is 28.7. The fourth-order valence-electron chi connectivity index (χ4n) is 4.44. The molecule has 0 saturated carbocycles. The molecule has 0 aromatic heterocycles. The van der Waals surface area contributed by atoms with Gasteiger partial charge in [-0.05, 0) is 55.3 Å². The lowest BCUT2D eigenvalue weighted by atomic mass is 9.80. The van der Waals surface area contributed by atoms with Crippen LogP contribution in [0.2, 0.25) is 0 Å². The van der Waals surface area contributed by atoms with E-state index in [-0.39, 0.29) is 16.7 Å². The van der Waals surface area contributed by atoms with Crippen LogP contribution in [0, 0.1) is 24.0 Å². The summed E-state index contributed by atoms with van der Waals surface area (Å²) in [6.07, 6.45) is 0. The molecule has 0 bridgehead atoms. The van der Waals surface area contributed by atoms with Gasteiger partial charge in [0, 0.05) is 17.4 Å². The van der Waals surface area contributed by atoms with Crippen molar-refractivity contribution in [3.8, 4) is 5.75 Å². The number of nitrogens with one attached hydrogen (secondary N) is 2. The van der Waals surface area contributed by atoms with Gasteiger partial charge in [0.15, 0.2) is 0 Å². The molecule has 36 heavy (non-hydrogen) atoms. The molecule has 4 aromatic rings. The minimum Gasteiger partial charge on any atom is -0.507 e. The molecule has 0 spiro atoms. The highest BCUT2D eigenvalue weighted by Gasteiger charge is 2.40. The molecule has 8 nitrogen and oxygen atoms in total. The summed E-state index contributed by atoms with van der Waals surface area (Å²) >= 11 is 0. The Morgan fingerprint density at radius 1 is 0.639 bits per heavy atom. The summed E-state index contributed by atoms with van der Waals surface area (Å²) in [6, 6.07) is 20.3. The molecule has 3 N–H and O–H groups in total. The van der Waals surface area contributed by atoms with Gasteiger partial charge in [-0.1, -0.05) is 36.4 Å². The quantitative estimate of drug-likeness (QED) is 0.203. The van der Waals surface area contributed by atoms with Gasteiger partial charge >= 0.3 is 0 Å². The van der Waals surface area contributed by atoms with E-state index >= 15 is 0 Å². The summed E-state index contributed by atoms with van der Waals surface area (Å²) in [7, 11) is 0. The van der Waals surface area contributed by atoms with Crippen molar-refractivity contribution in [2.45, 2.75) is 13.8 Å². The predicted molar refractivity (Wildman–Crippen MR) is 137 cm³/mol. The number of anilines is 4. The number of rotatable bonds is 5. The first-order chi connectivity index (χ1) is 17.3. The minimum atomic E-state index is -0.724. The van der Waals surface area contributed by atoms with Crippen LogP contribution >= 0.6 is 0 Å². The standard InChI is InChI=1S/C28H21N3O5/c1-15-7-3-5-9-17(15)29-19-11-12-20(30-18-10-6-4-8-16(18)2)24-23(19)27(33)25-21(31(35)36)13-14-22(32)26(25)28(24)34/h3-14,29-30,32H,1-2H3. The van der Waals surface area contributed by atoms with Crippen molar-refractivity contribution < 1.29 is 19.6 Å². The van der Waals surface area contributed by atoms with Crippen LogP contribution in [-0.2, 0) is 0 Å². The summed E-state index contributed by atoms with van der Waals surface area (Å²) in [5.74, 6) is -1.88. The van der Waals surface area contributed by atoms with Crippen molar-refractivity contribution in [1.29, 1.82) is 0 Å². The smallest absolute Gasteiger partial charge is 0.281 e. The van der Waals surface area contributed by atoms with Crippen LogP contribution in [0.25, 0.3) is 0 Å². The van der Waals surface area contributed by atoms with Crippen molar-refractivity contribution in [2.75, 3.05) is 10.6 Å². The monoisotopic (exact) mass is 479 g/mol. The number of nitro benzene ring substituents is 1. The first kappa shape index (κ1) is 22.8.